The lowest BCUT2D eigenvalue weighted by Crippen LogP contribution is -2.50. The molecule has 0 aliphatic carbocycles. The van der Waals surface area contributed by atoms with Crippen molar-refractivity contribution in [2.75, 3.05) is 26.2 Å². The first kappa shape index (κ1) is 9.85. The fraction of sp³-hybridized carbons (Fsp3) is 0.833. The third-order valence-corrected chi connectivity index (χ3v) is 1.99. The van der Waals surface area contributed by atoms with Crippen LogP contribution in [0.4, 0.5) is 8.78 Å². The van der Waals surface area contributed by atoms with E-state index in [1.165, 1.54) is 0 Å². The molecule has 0 atom stereocenters. The topological polar surface area (TPSA) is 32.3 Å². The minimum atomic E-state index is -3.41. The maximum Gasteiger partial charge on any atom is 0.377 e. The van der Waals surface area contributed by atoms with Crippen molar-refractivity contribution in [1.29, 1.82) is 0 Å². The molecule has 1 fully saturated rings. The molecule has 0 unspecified atom stereocenters. The molecule has 0 aromatic heterocycles. The van der Waals surface area contributed by atoms with E-state index in [1.54, 1.807) is 0 Å². The Morgan fingerprint density at radius 3 is 2.33 bits per heavy atom. The van der Waals surface area contributed by atoms with Crippen molar-refractivity contribution in [3.8, 4) is 0 Å². The molecule has 1 saturated heterocycles. The Hall–Kier alpha value is -0.230. The van der Waals surface area contributed by atoms with Crippen LogP contribution in [0.1, 0.15) is 0 Å². The number of rotatable bonds is 1. The number of halogens is 3. The lowest BCUT2D eigenvalue weighted by atomic mass is 10.3. The standard InChI is InChI=1S/C6H9BrF2N2O/c7-6(8,9)5(12)11-3-1-10-2-4-11/h10H,1-4H2. The monoisotopic (exact) mass is 242 g/mol. The molecule has 12 heavy (non-hydrogen) atoms. The third-order valence-electron chi connectivity index (χ3n) is 1.65. The molecule has 1 N–H and O–H groups in total. The maximum absolute atomic E-state index is 12.4. The van der Waals surface area contributed by atoms with Crippen molar-refractivity contribution in [3.05, 3.63) is 0 Å². The Labute approximate surface area is 77.2 Å². The highest BCUT2D eigenvalue weighted by Gasteiger charge is 2.39. The predicted molar refractivity (Wildman–Crippen MR) is 43.3 cm³/mol. The molecule has 0 radical (unpaired) electrons. The van der Waals surface area contributed by atoms with Gasteiger partial charge in [0, 0.05) is 42.1 Å². The van der Waals surface area contributed by atoms with E-state index in [0.29, 0.717) is 26.2 Å². The Kier molecular flexibility index (Phi) is 3.00. The van der Waals surface area contributed by atoms with Crippen LogP contribution < -0.4 is 5.32 Å². The molecule has 0 aromatic carbocycles. The number of nitrogens with one attached hydrogen (secondary N) is 1. The van der Waals surface area contributed by atoms with Gasteiger partial charge >= 0.3 is 10.7 Å². The number of piperazine rings is 1. The quantitative estimate of drug-likeness (QED) is 0.676. The lowest BCUT2D eigenvalue weighted by Gasteiger charge is -2.28. The second-order valence-corrected chi connectivity index (χ2v) is 3.54. The van der Waals surface area contributed by atoms with Crippen LogP contribution in [0.25, 0.3) is 0 Å². The average Bonchev–Trinajstić information content (AvgIpc) is 2.03. The van der Waals surface area contributed by atoms with Crippen LogP contribution in [-0.2, 0) is 4.79 Å². The van der Waals surface area contributed by atoms with Gasteiger partial charge in [0.05, 0.1) is 0 Å². The van der Waals surface area contributed by atoms with E-state index >= 15 is 0 Å². The normalized spacial score (nSPS) is 19.4. The van der Waals surface area contributed by atoms with E-state index in [1.807, 2.05) is 15.9 Å². The Bertz CT molecular complexity index is 177. The zero-order valence-electron chi connectivity index (χ0n) is 6.32. The van der Waals surface area contributed by atoms with E-state index in [9.17, 15) is 13.6 Å². The SMILES string of the molecule is O=C(N1CCNCC1)C(F)(F)Br. The van der Waals surface area contributed by atoms with Gasteiger partial charge < -0.3 is 10.2 Å². The molecule has 6 heteroatoms. The van der Waals surface area contributed by atoms with Gasteiger partial charge in [-0.3, -0.25) is 4.79 Å². The smallest absolute Gasteiger partial charge is 0.334 e. The summed E-state index contributed by atoms with van der Waals surface area (Å²) < 4.78 is 24.8. The molecule has 70 valence electrons. The highest BCUT2D eigenvalue weighted by Crippen LogP contribution is 2.24. The number of hydrogen-bond acceptors (Lipinski definition) is 2. The fourth-order valence-electron chi connectivity index (χ4n) is 1.05. The largest absolute Gasteiger partial charge is 0.377 e. The first-order valence-corrected chi connectivity index (χ1v) is 4.38. The van der Waals surface area contributed by atoms with Gasteiger partial charge in [-0.25, -0.2) is 0 Å². The van der Waals surface area contributed by atoms with Crippen LogP contribution in [0.3, 0.4) is 0 Å². The van der Waals surface area contributed by atoms with Crippen LogP contribution in [0, 0.1) is 0 Å². The zero-order valence-corrected chi connectivity index (χ0v) is 7.90. The number of carbonyl (C=O) groups is 1. The Balaban J connectivity index is 2.51. The van der Waals surface area contributed by atoms with E-state index < -0.39 is 10.7 Å². The summed E-state index contributed by atoms with van der Waals surface area (Å²) >= 11 is 2.03. The summed E-state index contributed by atoms with van der Waals surface area (Å²) in [4.78, 5) is 8.65. The van der Waals surface area contributed by atoms with Gasteiger partial charge in [0.2, 0.25) is 0 Å². The van der Waals surface area contributed by atoms with Crippen LogP contribution in [0.5, 0.6) is 0 Å². The van der Waals surface area contributed by atoms with Gasteiger partial charge in [0.25, 0.3) is 0 Å². The summed E-state index contributed by atoms with van der Waals surface area (Å²) in [6.45, 7) is 1.85. The predicted octanol–water partition coefficient (Wildman–Crippen LogP) is 0.406. The molecule has 1 aliphatic heterocycles. The zero-order chi connectivity index (χ0) is 9.19. The second-order valence-electron chi connectivity index (χ2n) is 2.54. The Morgan fingerprint density at radius 1 is 1.42 bits per heavy atom. The van der Waals surface area contributed by atoms with Crippen LogP contribution in [0.2, 0.25) is 0 Å². The van der Waals surface area contributed by atoms with Crippen molar-refractivity contribution < 1.29 is 13.6 Å². The first-order valence-electron chi connectivity index (χ1n) is 3.58. The van der Waals surface area contributed by atoms with Crippen LogP contribution in [0.15, 0.2) is 0 Å². The van der Waals surface area contributed by atoms with Crippen LogP contribution in [-0.4, -0.2) is 41.8 Å². The van der Waals surface area contributed by atoms with Crippen molar-refractivity contribution in [2.45, 2.75) is 4.83 Å². The highest BCUT2D eigenvalue weighted by atomic mass is 79.9. The first-order chi connectivity index (χ1) is 5.52. The number of nitrogens with zero attached hydrogens (tertiary/aromatic N) is 1. The summed E-state index contributed by atoms with van der Waals surface area (Å²) in [5.74, 6) is -1.15. The molecule has 0 saturated carbocycles. The minimum absolute atomic E-state index is 0.347. The number of carbonyl (C=O) groups excluding carboxylic acids is 1. The Morgan fingerprint density at radius 2 is 1.92 bits per heavy atom. The minimum Gasteiger partial charge on any atom is -0.334 e. The molecule has 0 aromatic rings. The molecule has 1 rings (SSSR count). The van der Waals surface area contributed by atoms with Gasteiger partial charge in [-0.1, -0.05) is 0 Å². The van der Waals surface area contributed by atoms with Crippen molar-refractivity contribution >= 4 is 21.8 Å². The third kappa shape index (κ3) is 2.38. The molecule has 0 spiro atoms. The van der Waals surface area contributed by atoms with Gasteiger partial charge in [-0.05, 0) is 0 Å². The molecule has 1 aliphatic rings. The van der Waals surface area contributed by atoms with Gasteiger partial charge in [-0.2, -0.15) is 8.78 Å². The molecule has 1 heterocycles. The molecule has 1 amide bonds. The summed E-state index contributed by atoms with van der Waals surface area (Å²) in [6.07, 6.45) is 0. The van der Waals surface area contributed by atoms with E-state index in [0.717, 1.165) is 4.90 Å². The molecule has 0 bridgehead atoms. The van der Waals surface area contributed by atoms with E-state index in [-0.39, 0.29) is 0 Å². The summed E-state index contributed by atoms with van der Waals surface area (Å²) in [6, 6.07) is 0. The molecular formula is C6H9BrF2N2O. The summed E-state index contributed by atoms with van der Waals surface area (Å²) in [5.41, 5.74) is 0. The summed E-state index contributed by atoms with van der Waals surface area (Å²) in [5, 5.41) is 2.97. The number of amides is 1. The van der Waals surface area contributed by atoms with Gasteiger partial charge in [0.1, 0.15) is 0 Å². The van der Waals surface area contributed by atoms with Gasteiger partial charge in [-0.15, -0.1) is 0 Å². The number of alkyl halides is 3. The molecular weight excluding hydrogens is 234 g/mol. The highest BCUT2D eigenvalue weighted by molar-refractivity contribution is 9.10. The summed E-state index contributed by atoms with van der Waals surface area (Å²) in [7, 11) is 0. The van der Waals surface area contributed by atoms with E-state index in [4.69, 9.17) is 0 Å². The van der Waals surface area contributed by atoms with Crippen molar-refractivity contribution in [1.82, 2.24) is 10.2 Å². The molecule has 3 nitrogen and oxygen atoms in total. The van der Waals surface area contributed by atoms with Crippen molar-refractivity contribution in [3.63, 3.8) is 0 Å². The fourth-order valence-corrected chi connectivity index (χ4v) is 1.30. The lowest BCUT2D eigenvalue weighted by molar-refractivity contribution is -0.146. The van der Waals surface area contributed by atoms with E-state index in [2.05, 4.69) is 5.32 Å². The number of hydrogen-bond donors (Lipinski definition) is 1. The van der Waals surface area contributed by atoms with Gasteiger partial charge in [0.15, 0.2) is 0 Å². The van der Waals surface area contributed by atoms with Crippen molar-refractivity contribution in [2.24, 2.45) is 0 Å². The van der Waals surface area contributed by atoms with Crippen LogP contribution >= 0.6 is 15.9 Å². The second kappa shape index (κ2) is 3.66. The average molecular weight is 243 g/mol. The maximum atomic E-state index is 12.4.